The molecule has 0 aromatic rings. The first kappa shape index (κ1) is 37.5. The third-order valence-corrected chi connectivity index (χ3v) is 15.1. The van der Waals surface area contributed by atoms with Gasteiger partial charge in [-0.15, -0.1) is 0 Å². The van der Waals surface area contributed by atoms with Gasteiger partial charge in [-0.3, -0.25) is 14.4 Å². The van der Waals surface area contributed by atoms with Crippen LogP contribution in [0.1, 0.15) is 124 Å². The van der Waals surface area contributed by atoms with Crippen molar-refractivity contribution in [2.75, 3.05) is 26.7 Å². The number of hydrogen-bond acceptors (Lipinski definition) is 7. The second-order valence-electron chi connectivity index (χ2n) is 18.1. The lowest BCUT2D eigenvalue weighted by atomic mass is 9.45. The van der Waals surface area contributed by atoms with Crippen LogP contribution in [-0.4, -0.2) is 79.1 Å². The number of ether oxygens (including phenoxy) is 1. The lowest BCUT2D eigenvalue weighted by Crippen LogP contribution is -2.62. The monoisotopic (exact) mass is 687 g/mol. The molecule has 2 bridgehead atoms. The minimum Gasteiger partial charge on any atom is -0.393 e. The number of nitrogens with two attached hydrogens (primary N) is 1. The minimum atomic E-state index is -0.726. The van der Waals surface area contributed by atoms with Gasteiger partial charge in [-0.1, -0.05) is 72.1 Å². The maximum atomic E-state index is 14.2. The molecule has 0 aromatic heterocycles. The quantitative estimate of drug-likeness (QED) is 0.216. The summed E-state index contributed by atoms with van der Waals surface area (Å²) in [5, 5.41) is 19.6. The standard InChI is InChI=1S/C40H70N4O5/c1-24-32-20-30(40(32,3)4)21-33(24)43-39(47)36-35(25(2)45)34(22-41)49-44(36)23-29-15-10-16-31(37(29)48-5)27-13-9-14-28(19-27)38(46)42-18-17-26-11-7-6-8-12-26/h24-37,45H,6-23,41H2,1-5H3,(H,42,46)(H,43,47)/t24-,25-,27?,28?,29?,30+,31?,32-,33-,34-,35+,36-,37?/m0/s1. The number of carbonyl (C=O) groups is 2. The van der Waals surface area contributed by atoms with Gasteiger partial charge in [0.15, 0.2) is 0 Å². The number of nitrogens with zero attached hydrogens (tertiary/aromatic N) is 1. The van der Waals surface area contributed by atoms with Crippen LogP contribution in [0.4, 0.5) is 0 Å². The summed E-state index contributed by atoms with van der Waals surface area (Å²) in [5.74, 6) is 3.42. The Bertz CT molecular complexity index is 1110. The Hall–Kier alpha value is -1.26. The molecule has 7 aliphatic rings. The molecule has 6 saturated carbocycles. The molecule has 2 amide bonds. The fraction of sp³-hybridized carbons (Fsp3) is 0.950. The van der Waals surface area contributed by atoms with E-state index in [9.17, 15) is 14.7 Å². The molecule has 1 heterocycles. The van der Waals surface area contributed by atoms with Crippen LogP contribution in [0, 0.1) is 58.7 Å². The highest BCUT2D eigenvalue weighted by molar-refractivity contribution is 5.83. The lowest BCUT2D eigenvalue weighted by molar-refractivity contribution is -0.186. The van der Waals surface area contributed by atoms with Gasteiger partial charge in [0, 0.05) is 50.5 Å². The molecule has 0 spiro atoms. The van der Waals surface area contributed by atoms with Gasteiger partial charge in [0.05, 0.1) is 18.3 Å². The first-order valence-corrected chi connectivity index (χ1v) is 20.5. The summed E-state index contributed by atoms with van der Waals surface area (Å²) < 4.78 is 6.35. The van der Waals surface area contributed by atoms with E-state index < -0.39 is 24.2 Å². The highest BCUT2D eigenvalue weighted by Crippen LogP contribution is 2.61. The molecule has 0 aromatic carbocycles. The van der Waals surface area contributed by atoms with Crippen molar-refractivity contribution in [3.63, 3.8) is 0 Å². The average Bonchev–Trinajstić information content (AvgIpc) is 3.48. The molecule has 7 rings (SSSR count). The van der Waals surface area contributed by atoms with Gasteiger partial charge < -0.3 is 26.2 Å². The number of amides is 2. The number of nitrogens with one attached hydrogen (secondary N) is 2. The van der Waals surface area contributed by atoms with Crippen LogP contribution in [0.25, 0.3) is 0 Å². The Morgan fingerprint density at radius 1 is 1.00 bits per heavy atom. The summed E-state index contributed by atoms with van der Waals surface area (Å²) in [6, 6.07) is -0.451. The first-order chi connectivity index (χ1) is 23.5. The van der Waals surface area contributed by atoms with Crippen molar-refractivity contribution in [2.45, 2.75) is 154 Å². The zero-order chi connectivity index (χ0) is 34.9. The van der Waals surface area contributed by atoms with Gasteiger partial charge >= 0.3 is 0 Å². The Morgan fingerprint density at radius 3 is 2.43 bits per heavy atom. The molecule has 5 N–H and O–H groups in total. The van der Waals surface area contributed by atoms with Crippen molar-refractivity contribution >= 4 is 11.8 Å². The molecule has 13 atom stereocenters. The largest absolute Gasteiger partial charge is 0.393 e. The molecular formula is C40H70N4O5. The van der Waals surface area contributed by atoms with E-state index in [1.54, 1.807) is 6.92 Å². The third kappa shape index (κ3) is 7.91. The number of aliphatic hydroxyl groups excluding tert-OH is 1. The number of methoxy groups -OCH3 is 1. The molecule has 1 saturated heterocycles. The van der Waals surface area contributed by atoms with Crippen molar-refractivity contribution in [3.8, 4) is 0 Å². The van der Waals surface area contributed by atoms with Gasteiger partial charge in [-0.05, 0) is 92.8 Å². The second-order valence-corrected chi connectivity index (χ2v) is 18.1. The van der Waals surface area contributed by atoms with E-state index in [4.69, 9.17) is 15.3 Å². The maximum absolute atomic E-state index is 14.2. The Kier molecular flexibility index (Phi) is 12.4. The van der Waals surface area contributed by atoms with E-state index in [1.165, 1.54) is 38.5 Å². The number of hydrogen-bond donors (Lipinski definition) is 4. The Balaban J connectivity index is 1.09. The van der Waals surface area contributed by atoms with Crippen LogP contribution in [0.15, 0.2) is 0 Å². The topological polar surface area (TPSA) is 126 Å². The molecule has 7 fully saturated rings. The fourth-order valence-corrected chi connectivity index (χ4v) is 12.0. The predicted octanol–water partition coefficient (Wildman–Crippen LogP) is 5.44. The molecular weight excluding hydrogens is 616 g/mol. The molecule has 9 heteroatoms. The van der Waals surface area contributed by atoms with Crippen molar-refractivity contribution in [2.24, 2.45) is 64.4 Å². The normalized spacial score (nSPS) is 41.9. The Labute approximate surface area is 296 Å². The smallest absolute Gasteiger partial charge is 0.240 e. The molecule has 6 aliphatic carbocycles. The summed E-state index contributed by atoms with van der Waals surface area (Å²) in [6.07, 6.45) is 16.4. The Morgan fingerprint density at radius 2 is 1.76 bits per heavy atom. The van der Waals surface area contributed by atoms with E-state index in [0.29, 0.717) is 41.5 Å². The summed E-state index contributed by atoms with van der Waals surface area (Å²) >= 11 is 0. The fourth-order valence-electron chi connectivity index (χ4n) is 12.0. The van der Waals surface area contributed by atoms with Crippen LogP contribution < -0.4 is 16.4 Å². The zero-order valence-electron chi connectivity index (χ0n) is 31.4. The van der Waals surface area contributed by atoms with Gasteiger partial charge in [0.1, 0.15) is 6.04 Å². The molecule has 0 radical (unpaired) electrons. The molecule has 5 unspecified atom stereocenters. The summed E-state index contributed by atoms with van der Waals surface area (Å²) in [4.78, 5) is 34.1. The number of fused-ring (bicyclic) bond motifs is 2. The lowest BCUT2D eigenvalue weighted by Gasteiger charge is -2.62. The van der Waals surface area contributed by atoms with E-state index in [0.717, 1.165) is 70.3 Å². The predicted molar refractivity (Wildman–Crippen MR) is 192 cm³/mol. The van der Waals surface area contributed by atoms with E-state index >= 15 is 0 Å². The van der Waals surface area contributed by atoms with Crippen molar-refractivity contribution in [1.29, 1.82) is 0 Å². The summed E-state index contributed by atoms with van der Waals surface area (Å²) in [5.41, 5.74) is 6.55. The highest BCUT2D eigenvalue weighted by Gasteiger charge is 2.57. The molecule has 9 nitrogen and oxygen atoms in total. The average molecular weight is 687 g/mol. The van der Waals surface area contributed by atoms with Gasteiger partial charge in [0.2, 0.25) is 11.8 Å². The SMILES string of the molecule is COC1C(CN2O[C@@H](CN)[C@@H]([C@H](C)O)[C@H]2C(=O)N[C@H]2C[C@H]3C[C@@H]([C@@H]2C)C3(C)C)CCCC1C1CCCC(C(=O)NCCC2CCCCC2)C1. The van der Waals surface area contributed by atoms with Gasteiger partial charge in [0.25, 0.3) is 0 Å². The first-order valence-electron chi connectivity index (χ1n) is 20.5. The third-order valence-electron chi connectivity index (χ3n) is 15.1. The zero-order valence-corrected chi connectivity index (χ0v) is 31.4. The van der Waals surface area contributed by atoms with Crippen molar-refractivity contribution in [3.05, 3.63) is 0 Å². The van der Waals surface area contributed by atoms with Crippen LogP contribution in [0.5, 0.6) is 0 Å². The summed E-state index contributed by atoms with van der Waals surface area (Å²) in [6.45, 7) is 10.5. The molecule has 49 heavy (non-hydrogen) atoms. The summed E-state index contributed by atoms with van der Waals surface area (Å²) in [7, 11) is 1.84. The van der Waals surface area contributed by atoms with E-state index in [-0.39, 0.29) is 42.3 Å². The highest BCUT2D eigenvalue weighted by atomic mass is 16.7. The number of rotatable bonds is 12. The second kappa shape index (κ2) is 16.2. The van der Waals surface area contributed by atoms with Gasteiger partial charge in [-0.25, -0.2) is 0 Å². The molecule has 1 aliphatic heterocycles. The van der Waals surface area contributed by atoms with Gasteiger partial charge in [-0.2, -0.15) is 5.06 Å². The van der Waals surface area contributed by atoms with Crippen LogP contribution in [0.3, 0.4) is 0 Å². The maximum Gasteiger partial charge on any atom is 0.240 e. The minimum absolute atomic E-state index is 0.0359. The van der Waals surface area contributed by atoms with Crippen LogP contribution in [0.2, 0.25) is 0 Å². The molecule has 280 valence electrons. The van der Waals surface area contributed by atoms with E-state index in [1.807, 2.05) is 12.2 Å². The number of carbonyl (C=O) groups excluding carboxylic acids is 2. The van der Waals surface area contributed by atoms with Crippen molar-refractivity contribution in [1.82, 2.24) is 15.7 Å². The van der Waals surface area contributed by atoms with E-state index in [2.05, 4.69) is 31.4 Å². The van der Waals surface area contributed by atoms with Crippen LogP contribution in [-0.2, 0) is 19.2 Å². The number of aliphatic hydroxyl groups is 1. The number of hydroxylamine groups is 2. The van der Waals surface area contributed by atoms with Crippen molar-refractivity contribution < 1.29 is 24.3 Å². The van der Waals surface area contributed by atoms with Crippen LogP contribution >= 0.6 is 0 Å².